The summed E-state index contributed by atoms with van der Waals surface area (Å²) < 4.78 is 27.0. The number of carbonyl (C=O) groups excluding carboxylic acids is 1. The summed E-state index contributed by atoms with van der Waals surface area (Å²) in [5, 5.41) is 14.7. The number of hydrogen-bond acceptors (Lipinski definition) is 5. The summed E-state index contributed by atoms with van der Waals surface area (Å²) in [5.41, 5.74) is 0. The number of carbonyl (C=O) groups is 2. The number of carboxylic acid groups (broad SMARTS) is 1. The highest BCUT2D eigenvalue weighted by molar-refractivity contribution is 7.89. The lowest BCUT2D eigenvalue weighted by Gasteiger charge is -2.04. The van der Waals surface area contributed by atoms with Crippen molar-refractivity contribution < 1.29 is 23.1 Å². The molecule has 0 atom stereocenters. The fraction of sp³-hybridized carbons (Fsp3) is 0.500. The van der Waals surface area contributed by atoms with E-state index in [-0.39, 0.29) is 24.4 Å². The van der Waals surface area contributed by atoms with Gasteiger partial charge in [-0.25, -0.2) is 13.1 Å². The molecule has 0 fully saturated rings. The maximum Gasteiger partial charge on any atom is 0.305 e. The summed E-state index contributed by atoms with van der Waals surface area (Å²) >= 11 is 0. The minimum Gasteiger partial charge on any atom is -0.481 e. The van der Waals surface area contributed by atoms with Crippen molar-refractivity contribution in [2.45, 2.75) is 24.8 Å². The van der Waals surface area contributed by atoms with Gasteiger partial charge >= 0.3 is 5.97 Å². The Hall–Kier alpha value is -1.94. The van der Waals surface area contributed by atoms with E-state index in [9.17, 15) is 18.0 Å². The Bertz CT molecular complexity index is 580. The molecular formula is C10H16N4O5S. The van der Waals surface area contributed by atoms with Crippen molar-refractivity contribution in [3.05, 3.63) is 12.4 Å². The molecule has 0 saturated heterocycles. The van der Waals surface area contributed by atoms with E-state index in [0.29, 0.717) is 6.54 Å². The first-order valence-electron chi connectivity index (χ1n) is 5.85. The van der Waals surface area contributed by atoms with Crippen LogP contribution in [0.3, 0.4) is 0 Å². The molecule has 20 heavy (non-hydrogen) atoms. The molecule has 1 aromatic heterocycles. The maximum absolute atomic E-state index is 11.8. The first-order chi connectivity index (χ1) is 9.35. The number of likely N-dealkylation sites (N-methyl/N-ethyl adjacent to an activating group) is 1. The molecule has 0 aliphatic carbocycles. The van der Waals surface area contributed by atoms with Gasteiger partial charge in [0.05, 0.1) is 25.7 Å². The van der Waals surface area contributed by atoms with Crippen LogP contribution in [-0.2, 0) is 26.2 Å². The normalized spacial score (nSPS) is 11.2. The third-order valence-electron chi connectivity index (χ3n) is 2.27. The van der Waals surface area contributed by atoms with Crippen LogP contribution in [0.2, 0.25) is 0 Å². The molecule has 112 valence electrons. The molecule has 0 bridgehead atoms. The largest absolute Gasteiger partial charge is 0.481 e. The molecule has 0 unspecified atom stereocenters. The SMILES string of the molecule is CCNC(=O)CNS(=O)(=O)c1cnn(CCC(=O)O)c1. The van der Waals surface area contributed by atoms with E-state index < -0.39 is 21.9 Å². The molecule has 9 nitrogen and oxygen atoms in total. The highest BCUT2D eigenvalue weighted by Crippen LogP contribution is 2.06. The van der Waals surface area contributed by atoms with Crippen LogP contribution in [0, 0.1) is 0 Å². The van der Waals surface area contributed by atoms with Gasteiger partial charge in [0.1, 0.15) is 4.90 Å². The zero-order chi connectivity index (χ0) is 15.2. The molecule has 0 saturated carbocycles. The number of aryl methyl sites for hydroxylation is 1. The van der Waals surface area contributed by atoms with Crippen LogP contribution < -0.4 is 10.0 Å². The van der Waals surface area contributed by atoms with Gasteiger partial charge in [-0.3, -0.25) is 14.3 Å². The summed E-state index contributed by atoms with van der Waals surface area (Å²) in [6.45, 7) is 1.84. The zero-order valence-corrected chi connectivity index (χ0v) is 11.7. The number of aliphatic carboxylic acids is 1. The Kier molecular flexibility index (Phi) is 5.65. The van der Waals surface area contributed by atoms with Gasteiger partial charge in [-0.05, 0) is 6.92 Å². The molecule has 3 N–H and O–H groups in total. The van der Waals surface area contributed by atoms with E-state index in [1.165, 1.54) is 10.9 Å². The van der Waals surface area contributed by atoms with E-state index in [4.69, 9.17) is 5.11 Å². The van der Waals surface area contributed by atoms with Crippen molar-refractivity contribution in [3.8, 4) is 0 Å². The Morgan fingerprint density at radius 3 is 2.75 bits per heavy atom. The van der Waals surface area contributed by atoms with Crippen molar-refractivity contribution >= 4 is 21.9 Å². The van der Waals surface area contributed by atoms with E-state index in [1.807, 2.05) is 0 Å². The zero-order valence-electron chi connectivity index (χ0n) is 10.9. The summed E-state index contributed by atoms with van der Waals surface area (Å²) in [6.07, 6.45) is 2.15. The first-order valence-corrected chi connectivity index (χ1v) is 7.34. The molecule has 1 aromatic rings. The summed E-state index contributed by atoms with van der Waals surface area (Å²) in [5.74, 6) is -1.44. The van der Waals surface area contributed by atoms with Crippen LogP contribution in [0.25, 0.3) is 0 Å². The Balaban J connectivity index is 2.63. The number of amides is 1. The average molecular weight is 304 g/mol. The van der Waals surface area contributed by atoms with Gasteiger partial charge in [-0.2, -0.15) is 5.10 Å². The van der Waals surface area contributed by atoms with Crippen molar-refractivity contribution in [3.63, 3.8) is 0 Å². The van der Waals surface area contributed by atoms with Crippen LogP contribution in [0.5, 0.6) is 0 Å². The minimum atomic E-state index is -3.83. The lowest BCUT2D eigenvalue weighted by Crippen LogP contribution is -2.36. The molecule has 10 heteroatoms. The number of sulfonamides is 1. The second-order valence-corrected chi connectivity index (χ2v) is 5.63. The van der Waals surface area contributed by atoms with Crippen molar-refractivity contribution in [2.75, 3.05) is 13.1 Å². The summed E-state index contributed by atoms with van der Waals surface area (Å²) in [6, 6.07) is 0. The van der Waals surface area contributed by atoms with Crippen molar-refractivity contribution in [2.24, 2.45) is 0 Å². The predicted molar refractivity (Wildman–Crippen MR) is 68.4 cm³/mol. The first kappa shape index (κ1) is 16.1. The average Bonchev–Trinajstić information content (AvgIpc) is 2.84. The van der Waals surface area contributed by atoms with Crippen molar-refractivity contribution in [1.29, 1.82) is 0 Å². The predicted octanol–water partition coefficient (Wildman–Crippen LogP) is -1.23. The van der Waals surface area contributed by atoms with Crippen LogP contribution in [0.15, 0.2) is 17.3 Å². The summed E-state index contributed by atoms with van der Waals surface area (Å²) in [4.78, 5) is 21.5. The third kappa shape index (κ3) is 4.97. The van der Waals surface area contributed by atoms with Gasteiger partial charge < -0.3 is 10.4 Å². The van der Waals surface area contributed by atoms with Gasteiger partial charge in [-0.1, -0.05) is 0 Å². The van der Waals surface area contributed by atoms with Gasteiger partial charge in [0, 0.05) is 12.7 Å². The van der Waals surface area contributed by atoms with Gasteiger partial charge in [-0.15, -0.1) is 0 Å². The number of hydrogen-bond donors (Lipinski definition) is 3. The second kappa shape index (κ2) is 7.01. The van der Waals surface area contributed by atoms with Gasteiger partial charge in [0.2, 0.25) is 15.9 Å². The van der Waals surface area contributed by atoms with Gasteiger partial charge in [0.25, 0.3) is 0 Å². The molecule has 0 aliphatic rings. The number of aromatic nitrogens is 2. The molecular weight excluding hydrogens is 288 g/mol. The van der Waals surface area contributed by atoms with E-state index in [0.717, 1.165) is 6.20 Å². The Labute approximate surface area is 116 Å². The maximum atomic E-state index is 11.8. The van der Waals surface area contributed by atoms with Gasteiger partial charge in [0.15, 0.2) is 0 Å². The highest BCUT2D eigenvalue weighted by Gasteiger charge is 2.17. The van der Waals surface area contributed by atoms with Crippen LogP contribution >= 0.6 is 0 Å². The molecule has 1 amide bonds. The quantitative estimate of drug-likeness (QED) is 0.551. The number of carboxylic acids is 1. The lowest BCUT2D eigenvalue weighted by atomic mass is 10.4. The number of rotatable bonds is 8. The highest BCUT2D eigenvalue weighted by atomic mass is 32.2. The van der Waals surface area contributed by atoms with Crippen LogP contribution in [0.4, 0.5) is 0 Å². The van der Waals surface area contributed by atoms with Crippen LogP contribution in [-0.4, -0.2) is 48.3 Å². The molecule has 1 heterocycles. The van der Waals surface area contributed by atoms with Crippen LogP contribution in [0.1, 0.15) is 13.3 Å². The van der Waals surface area contributed by atoms with E-state index in [1.54, 1.807) is 6.92 Å². The molecule has 0 aliphatic heterocycles. The Morgan fingerprint density at radius 1 is 1.45 bits per heavy atom. The fourth-order valence-electron chi connectivity index (χ4n) is 1.32. The van der Waals surface area contributed by atoms with Crippen molar-refractivity contribution in [1.82, 2.24) is 19.8 Å². The van der Waals surface area contributed by atoms with E-state index in [2.05, 4.69) is 15.1 Å². The Morgan fingerprint density at radius 2 is 2.15 bits per heavy atom. The lowest BCUT2D eigenvalue weighted by molar-refractivity contribution is -0.137. The molecule has 0 aromatic carbocycles. The minimum absolute atomic E-state index is 0.0706. The topological polar surface area (TPSA) is 130 Å². The summed E-state index contributed by atoms with van der Waals surface area (Å²) in [7, 11) is -3.83. The smallest absolute Gasteiger partial charge is 0.305 e. The molecule has 0 spiro atoms. The molecule has 0 radical (unpaired) electrons. The number of nitrogens with one attached hydrogen (secondary N) is 2. The number of nitrogens with zero attached hydrogens (tertiary/aromatic N) is 2. The molecule has 1 rings (SSSR count). The third-order valence-corrected chi connectivity index (χ3v) is 3.63. The second-order valence-electron chi connectivity index (χ2n) is 3.86. The monoisotopic (exact) mass is 304 g/mol. The standard InChI is InChI=1S/C10H16N4O5S/c1-2-11-9(15)6-13-20(18,19)8-5-12-14(7-8)4-3-10(16)17/h5,7,13H,2-4,6H2,1H3,(H,11,15)(H,16,17). The fourth-order valence-corrected chi connectivity index (χ4v) is 2.25. The van der Waals surface area contributed by atoms with E-state index >= 15 is 0 Å².